The van der Waals surface area contributed by atoms with Gasteiger partial charge in [0.05, 0.1) is 24.0 Å². The van der Waals surface area contributed by atoms with E-state index in [4.69, 9.17) is 14.2 Å². The van der Waals surface area contributed by atoms with Gasteiger partial charge in [-0.15, -0.1) is 0 Å². The molecule has 0 aromatic heterocycles. The number of carbonyl (C=O) groups is 4. The van der Waals surface area contributed by atoms with Crippen LogP contribution < -0.4 is 0 Å². The van der Waals surface area contributed by atoms with Crippen LogP contribution in [-0.2, 0) is 33.4 Å². The van der Waals surface area contributed by atoms with Crippen LogP contribution in [0.5, 0.6) is 0 Å². The number of ether oxygens (including phenoxy) is 3. The third-order valence-corrected chi connectivity index (χ3v) is 6.94. The summed E-state index contributed by atoms with van der Waals surface area (Å²) in [5.74, 6) is -3.19. The summed E-state index contributed by atoms with van der Waals surface area (Å²) in [7, 11) is 1.61. The Balaban J connectivity index is 1.82. The van der Waals surface area contributed by atoms with Crippen LogP contribution in [0.3, 0.4) is 0 Å². The summed E-state index contributed by atoms with van der Waals surface area (Å²) >= 11 is 0. The van der Waals surface area contributed by atoms with Gasteiger partial charge in [0, 0.05) is 25.9 Å². The molecule has 0 amide bonds. The summed E-state index contributed by atoms with van der Waals surface area (Å²) in [6.45, 7) is 3.71. The first-order valence-electron chi connectivity index (χ1n) is 9.53. The molecular formula is C20H24O7. The lowest BCUT2D eigenvalue weighted by atomic mass is 9.55. The molecule has 27 heavy (non-hydrogen) atoms. The molecule has 0 radical (unpaired) electrons. The molecule has 146 valence electrons. The average molecular weight is 376 g/mol. The molecule has 7 nitrogen and oxygen atoms in total. The fraction of sp³-hybridized carbons (Fsp3) is 0.700. The number of fused-ring (bicyclic) bond motifs is 5. The number of rotatable bonds is 4. The maximum absolute atomic E-state index is 12.9. The SMILES string of the molecule is CCOC(=O)C[C@@H]1CC(=O)C2=C3C[C@H](OC)C[C@H]3[C@H]3C(=O)OC(=O)[C@@]3(C)[C@H]21. The molecule has 1 saturated heterocycles. The molecule has 0 aromatic rings. The molecule has 4 aliphatic rings. The summed E-state index contributed by atoms with van der Waals surface area (Å²) < 4.78 is 15.6. The summed E-state index contributed by atoms with van der Waals surface area (Å²) in [6.07, 6.45) is 1.35. The number of Topliss-reactive ketones (excluding diaryl/α,β-unsaturated/α-hetero) is 1. The quantitative estimate of drug-likeness (QED) is 0.543. The van der Waals surface area contributed by atoms with Crippen LogP contribution in [0.1, 0.15) is 39.5 Å². The molecule has 2 saturated carbocycles. The molecule has 1 aliphatic heterocycles. The Morgan fingerprint density at radius 3 is 2.63 bits per heavy atom. The minimum atomic E-state index is -1.12. The van der Waals surface area contributed by atoms with Crippen molar-refractivity contribution in [3.8, 4) is 0 Å². The molecular weight excluding hydrogens is 352 g/mol. The first-order valence-corrected chi connectivity index (χ1v) is 9.53. The van der Waals surface area contributed by atoms with Crippen molar-refractivity contribution in [2.45, 2.75) is 45.6 Å². The Hall–Kier alpha value is -2.02. The molecule has 0 aromatic carbocycles. The predicted octanol–water partition coefficient (Wildman–Crippen LogP) is 1.59. The maximum atomic E-state index is 12.9. The van der Waals surface area contributed by atoms with E-state index in [0.717, 1.165) is 5.57 Å². The zero-order valence-corrected chi connectivity index (χ0v) is 15.8. The highest BCUT2D eigenvalue weighted by molar-refractivity contribution is 6.06. The van der Waals surface area contributed by atoms with Gasteiger partial charge in [0.25, 0.3) is 0 Å². The molecule has 6 atom stereocenters. The van der Waals surface area contributed by atoms with Gasteiger partial charge in [0.2, 0.25) is 0 Å². The molecule has 1 heterocycles. The van der Waals surface area contributed by atoms with Gasteiger partial charge in [-0.1, -0.05) is 5.57 Å². The summed E-state index contributed by atoms with van der Waals surface area (Å²) in [4.78, 5) is 50.4. The van der Waals surface area contributed by atoms with Gasteiger partial charge in [-0.3, -0.25) is 19.2 Å². The second-order valence-electron chi connectivity index (χ2n) is 8.19. The number of ketones is 1. The van der Waals surface area contributed by atoms with E-state index in [1.165, 1.54) is 0 Å². The molecule has 0 N–H and O–H groups in total. The second kappa shape index (κ2) is 6.26. The third-order valence-electron chi connectivity index (χ3n) is 6.94. The number of hydrogen-bond acceptors (Lipinski definition) is 7. The van der Waals surface area contributed by atoms with E-state index in [2.05, 4.69) is 0 Å². The fourth-order valence-corrected chi connectivity index (χ4v) is 5.94. The highest BCUT2D eigenvalue weighted by Gasteiger charge is 2.69. The van der Waals surface area contributed by atoms with E-state index in [1.807, 2.05) is 0 Å². The predicted molar refractivity (Wildman–Crippen MR) is 91.1 cm³/mol. The Morgan fingerprint density at radius 2 is 1.96 bits per heavy atom. The van der Waals surface area contributed by atoms with Crippen molar-refractivity contribution in [3.63, 3.8) is 0 Å². The van der Waals surface area contributed by atoms with Crippen molar-refractivity contribution in [3.05, 3.63) is 11.1 Å². The number of esters is 3. The zero-order valence-electron chi connectivity index (χ0n) is 15.8. The summed E-state index contributed by atoms with van der Waals surface area (Å²) in [5.41, 5.74) is 0.448. The van der Waals surface area contributed by atoms with E-state index >= 15 is 0 Å². The van der Waals surface area contributed by atoms with Gasteiger partial charge in [0.1, 0.15) is 0 Å². The summed E-state index contributed by atoms with van der Waals surface area (Å²) in [6, 6.07) is 0. The van der Waals surface area contributed by atoms with Crippen LogP contribution in [0.15, 0.2) is 11.1 Å². The van der Waals surface area contributed by atoms with Crippen molar-refractivity contribution in [2.24, 2.45) is 29.1 Å². The molecule has 0 bridgehead atoms. The molecule has 3 fully saturated rings. The van der Waals surface area contributed by atoms with Crippen LogP contribution >= 0.6 is 0 Å². The van der Waals surface area contributed by atoms with Gasteiger partial charge < -0.3 is 14.2 Å². The average Bonchev–Trinajstić information content (AvgIpc) is 3.22. The normalized spacial score (nSPS) is 40.0. The van der Waals surface area contributed by atoms with Crippen molar-refractivity contribution >= 4 is 23.7 Å². The van der Waals surface area contributed by atoms with E-state index in [-0.39, 0.29) is 49.1 Å². The lowest BCUT2D eigenvalue weighted by Crippen LogP contribution is -2.47. The van der Waals surface area contributed by atoms with E-state index in [9.17, 15) is 19.2 Å². The highest BCUT2D eigenvalue weighted by Crippen LogP contribution is 2.64. The van der Waals surface area contributed by atoms with E-state index in [0.29, 0.717) is 18.4 Å². The molecule has 4 rings (SSSR count). The number of carbonyl (C=O) groups excluding carboxylic acids is 4. The first-order chi connectivity index (χ1) is 12.8. The molecule has 0 spiro atoms. The van der Waals surface area contributed by atoms with E-state index < -0.39 is 29.2 Å². The zero-order chi connectivity index (χ0) is 19.5. The Kier molecular flexibility index (Phi) is 4.25. The van der Waals surface area contributed by atoms with Gasteiger partial charge in [-0.25, -0.2) is 0 Å². The lowest BCUT2D eigenvalue weighted by Gasteiger charge is -2.42. The molecule has 0 unspecified atom stereocenters. The van der Waals surface area contributed by atoms with Gasteiger partial charge >= 0.3 is 17.9 Å². The first kappa shape index (κ1) is 18.3. The molecule has 3 aliphatic carbocycles. The minimum Gasteiger partial charge on any atom is -0.466 e. The number of methoxy groups -OCH3 is 1. The number of hydrogen-bond donors (Lipinski definition) is 0. The Labute approximate surface area is 157 Å². The Bertz CT molecular complexity index is 766. The standard InChI is InChI=1S/C20H24O7/c1-4-26-14(22)6-9-5-13(21)15-11-7-10(25-3)8-12(11)17-18(23)27-19(24)20(17,2)16(9)15/h9-10,12,16-17H,4-8H2,1-3H3/t9-,10-,12+,16-,17-,20-/m0/s1. The fourth-order valence-electron chi connectivity index (χ4n) is 5.94. The topological polar surface area (TPSA) is 96.0 Å². The minimum absolute atomic E-state index is 0.0297. The second-order valence-corrected chi connectivity index (χ2v) is 8.19. The van der Waals surface area contributed by atoms with Crippen LogP contribution in [-0.4, -0.2) is 43.5 Å². The maximum Gasteiger partial charge on any atom is 0.320 e. The van der Waals surface area contributed by atoms with Crippen molar-refractivity contribution in [1.82, 2.24) is 0 Å². The van der Waals surface area contributed by atoms with Crippen LogP contribution in [0.4, 0.5) is 0 Å². The van der Waals surface area contributed by atoms with Gasteiger partial charge in [0.15, 0.2) is 5.78 Å². The lowest BCUT2D eigenvalue weighted by molar-refractivity contribution is -0.156. The summed E-state index contributed by atoms with van der Waals surface area (Å²) in [5, 5.41) is 0. The van der Waals surface area contributed by atoms with Crippen LogP contribution in [0, 0.1) is 29.1 Å². The van der Waals surface area contributed by atoms with Gasteiger partial charge in [-0.2, -0.15) is 0 Å². The Morgan fingerprint density at radius 1 is 1.22 bits per heavy atom. The van der Waals surface area contributed by atoms with Crippen LogP contribution in [0.25, 0.3) is 0 Å². The van der Waals surface area contributed by atoms with Crippen molar-refractivity contribution in [1.29, 1.82) is 0 Å². The van der Waals surface area contributed by atoms with Crippen LogP contribution in [0.2, 0.25) is 0 Å². The monoisotopic (exact) mass is 376 g/mol. The number of cyclic esters (lactones) is 2. The largest absolute Gasteiger partial charge is 0.466 e. The van der Waals surface area contributed by atoms with E-state index in [1.54, 1.807) is 21.0 Å². The number of allylic oxidation sites excluding steroid dienone is 1. The third kappa shape index (κ3) is 2.43. The van der Waals surface area contributed by atoms with Gasteiger partial charge in [-0.05, 0) is 44.1 Å². The smallest absolute Gasteiger partial charge is 0.320 e. The highest BCUT2D eigenvalue weighted by atomic mass is 16.6. The van der Waals surface area contributed by atoms with Crippen molar-refractivity contribution < 1.29 is 33.4 Å². The molecule has 7 heteroatoms. The van der Waals surface area contributed by atoms with Crippen molar-refractivity contribution in [2.75, 3.05) is 13.7 Å².